The summed E-state index contributed by atoms with van der Waals surface area (Å²) in [6.45, 7) is 15.2. The standard InChI is InChI=1S/C76H123N17O16/c1-10-46(8)63(75(108)82-41-62(96)97)92-73(106)60(39-49-40-81-51-26-15-14-25-50(49)51)89-67(100)54(28-17-20-32-78)85-74(107)61(42-94)91-71(104)58(37-45(6)7)88-72(105)59(38-48-23-12-11-13-24-48)90-76(109)64(47(9)95)93-68(101)55(29-18-21-33-79)84-69(102)56(35-43(2)3)87-70(103)57(36-44(4)5)86-66(99)53(27-16-19-31-77)83-65(98)52-30-22-34-80-52/h11-15,23-26,40,43-47,52-61,63-64,80-81,94-95H,10,16-22,27-39,41-42,77-79H2,1-9H3,(H,82,108)(H,83,98)(H,84,102)(H,85,107)(H,86,99)(H,87,103)(H,88,105)(H,89,100)(H,90,109)(H,91,104)(H,92,106)(H,93,101)(H,96,97). The van der Waals surface area contributed by atoms with E-state index in [2.05, 4.69) is 74.1 Å². The highest BCUT2D eigenvalue weighted by Gasteiger charge is 2.39. The van der Waals surface area contributed by atoms with Crippen LogP contribution in [0.5, 0.6) is 0 Å². The van der Waals surface area contributed by atoms with Crippen LogP contribution in [0.4, 0.5) is 0 Å². The Labute approximate surface area is 639 Å². The summed E-state index contributed by atoms with van der Waals surface area (Å²) in [4.78, 5) is 186. The molecule has 1 fully saturated rings. The Hall–Kier alpha value is -9.15. The van der Waals surface area contributed by atoms with Gasteiger partial charge in [-0.15, -0.1) is 0 Å². The van der Waals surface area contributed by atoms with Gasteiger partial charge in [0.15, 0.2) is 0 Å². The second-order valence-corrected chi connectivity index (χ2v) is 29.6. The summed E-state index contributed by atoms with van der Waals surface area (Å²) >= 11 is 0. The third kappa shape index (κ3) is 32.1. The number of carbonyl (C=O) groups is 13. The van der Waals surface area contributed by atoms with Crippen LogP contribution in [0.25, 0.3) is 10.9 Å². The van der Waals surface area contributed by atoms with Crippen LogP contribution in [0.15, 0.2) is 60.8 Å². The number of unbranched alkanes of at least 4 members (excludes halogenated alkanes) is 3. The fourth-order valence-corrected chi connectivity index (χ4v) is 12.6. The van der Waals surface area contributed by atoms with Crippen molar-refractivity contribution >= 4 is 87.8 Å². The minimum absolute atomic E-state index is 0.0242. The van der Waals surface area contributed by atoms with Crippen LogP contribution >= 0.6 is 0 Å². The van der Waals surface area contributed by atoms with Gasteiger partial charge < -0.3 is 107 Å². The summed E-state index contributed by atoms with van der Waals surface area (Å²) in [6, 6.07) is -0.220. The van der Waals surface area contributed by atoms with Crippen molar-refractivity contribution in [3.63, 3.8) is 0 Å². The van der Waals surface area contributed by atoms with Crippen molar-refractivity contribution < 1.29 is 77.6 Å². The van der Waals surface area contributed by atoms with E-state index in [1.54, 1.807) is 82.4 Å². The molecule has 3 aromatic rings. The van der Waals surface area contributed by atoms with E-state index in [1.807, 2.05) is 33.8 Å². The molecule has 608 valence electrons. The first-order valence-electron chi connectivity index (χ1n) is 38.4. The van der Waals surface area contributed by atoms with Crippen LogP contribution in [0, 0.1) is 23.7 Å². The van der Waals surface area contributed by atoms with Gasteiger partial charge in [0.1, 0.15) is 73.0 Å². The Morgan fingerprint density at radius 3 is 1.33 bits per heavy atom. The van der Waals surface area contributed by atoms with Gasteiger partial charge >= 0.3 is 5.97 Å². The molecule has 14 atom stereocenters. The number of benzene rings is 2. The van der Waals surface area contributed by atoms with Crippen molar-refractivity contribution in [1.82, 2.24) is 74.1 Å². The van der Waals surface area contributed by atoms with Gasteiger partial charge in [-0.05, 0) is 164 Å². The van der Waals surface area contributed by atoms with Crippen LogP contribution < -0.4 is 86.3 Å². The Bertz CT molecular complexity index is 3420. The number of hydrogen-bond donors (Lipinski definition) is 20. The Balaban J connectivity index is 1.59. The molecule has 1 saturated heterocycles. The number of carboxylic acid groups (broad SMARTS) is 1. The Morgan fingerprint density at radius 1 is 0.468 bits per heavy atom. The summed E-state index contributed by atoms with van der Waals surface area (Å²) in [6.07, 6.45) is 4.30. The number of carbonyl (C=O) groups excluding carboxylic acids is 12. The molecule has 4 rings (SSSR count). The monoisotopic (exact) mass is 1530 g/mol. The lowest BCUT2D eigenvalue weighted by Gasteiger charge is -2.30. The fourth-order valence-electron chi connectivity index (χ4n) is 12.6. The average Bonchev–Trinajstić information content (AvgIpc) is 1.73. The van der Waals surface area contributed by atoms with Crippen LogP contribution in [-0.2, 0) is 75.2 Å². The summed E-state index contributed by atoms with van der Waals surface area (Å²) in [5, 5.41) is 67.1. The summed E-state index contributed by atoms with van der Waals surface area (Å²) in [5.74, 6) is -12.2. The second-order valence-electron chi connectivity index (χ2n) is 29.6. The number of aromatic amines is 1. The van der Waals surface area contributed by atoms with Gasteiger partial charge in [0.25, 0.3) is 0 Å². The number of H-pyrrole nitrogens is 1. The lowest BCUT2D eigenvalue weighted by Crippen LogP contribution is -2.62. The predicted molar refractivity (Wildman–Crippen MR) is 410 cm³/mol. The Kier molecular flexibility index (Phi) is 40.9. The molecule has 0 bridgehead atoms. The van der Waals surface area contributed by atoms with Gasteiger partial charge in [-0.1, -0.05) is 110 Å². The number of aliphatic hydroxyl groups is 2. The smallest absolute Gasteiger partial charge is 0.322 e. The zero-order valence-electron chi connectivity index (χ0n) is 64.7. The van der Waals surface area contributed by atoms with Crippen LogP contribution in [0.3, 0.4) is 0 Å². The first-order chi connectivity index (χ1) is 51.8. The Morgan fingerprint density at radius 2 is 0.872 bits per heavy atom. The molecular weight excluding hydrogens is 1410 g/mol. The molecule has 0 saturated carbocycles. The van der Waals surface area contributed by atoms with Gasteiger partial charge in [0.05, 0.1) is 18.8 Å². The minimum Gasteiger partial charge on any atom is -0.480 e. The van der Waals surface area contributed by atoms with Gasteiger partial charge in [-0.3, -0.25) is 62.3 Å². The van der Waals surface area contributed by atoms with Gasteiger partial charge in [-0.2, -0.15) is 0 Å². The molecule has 2 aromatic carbocycles. The summed E-state index contributed by atoms with van der Waals surface area (Å²) < 4.78 is 0. The number of nitrogens with one attached hydrogen (secondary N) is 14. The van der Waals surface area contributed by atoms with E-state index in [0.717, 1.165) is 17.3 Å². The number of hydrogen-bond acceptors (Lipinski definition) is 19. The third-order valence-electron chi connectivity index (χ3n) is 18.9. The SMILES string of the molecule is CCC(C)C(NC(=O)C(Cc1c[nH]c2ccccc12)NC(=O)C(CCCCN)NC(=O)C(CO)NC(=O)C(CC(C)C)NC(=O)C(Cc1ccccc1)NC(=O)C(NC(=O)C(CCCCN)NC(=O)C(CC(C)C)NC(=O)C(CC(C)C)NC(=O)C(CCCCN)NC(=O)C1CCCN1)C(C)O)C(=O)NCC(=O)O. The van der Waals surface area contributed by atoms with Crippen molar-refractivity contribution in [2.24, 2.45) is 40.9 Å². The van der Waals surface area contributed by atoms with Gasteiger partial charge in [0, 0.05) is 29.9 Å². The predicted octanol–water partition coefficient (Wildman–Crippen LogP) is -0.817. The molecule has 109 heavy (non-hydrogen) atoms. The molecular formula is C76H123N17O16. The average molecular weight is 1530 g/mol. The molecule has 2 heterocycles. The largest absolute Gasteiger partial charge is 0.480 e. The van der Waals surface area contributed by atoms with E-state index in [0.29, 0.717) is 69.2 Å². The maximum Gasteiger partial charge on any atom is 0.322 e. The first-order valence-corrected chi connectivity index (χ1v) is 38.4. The highest BCUT2D eigenvalue weighted by Crippen LogP contribution is 2.21. The molecule has 33 heteroatoms. The van der Waals surface area contributed by atoms with Crippen LogP contribution in [0.2, 0.25) is 0 Å². The van der Waals surface area contributed by atoms with E-state index < -0.39 is 169 Å². The molecule has 14 unspecified atom stereocenters. The lowest BCUT2D eigenvalue weighted by molar-refractivity contribution is -0.139. The van der Waals surface area contributed by atoms with E-state index in [4.69, 9.17) is 17.2 Å². The van der Waals surface area contributed by atoms with Crippen molar-refractivity contribution in [1.29, 1.82) is 0 Å². The van der Waals surface area contributed by atoms with Crippen molar-refractivity contribution in [3.05, 3.63) is 71.9 Å². The van der Waals surface area contributed by atoms with Gasteiger partial charge in [-0.25, -0.2) is 0 Å². The topological polar surface area (TPSA) is 533 Å². The summed E-state index contributed by atoms with van der Waals surface area (Å²) in [7, 11) is 0. The lowest BCUT2D eigenvalue weighted by atomic mass is 9.97. The second kappa shape index (κ2) is 48.4. The molecule has 23 N–H and O–H groups in total. The van der Waals surface area contributed by atoms with Crippen molar-refractivity contribution in [2.75, 3.05) is 39.3 Å². The maximum atomic E-state index is 14.8. The number of fused-ring (bicyclic) bond motifs is 1. The molecule has 0 radical (unpaired) electrons. The molecule has 1 aliphatic heterocycles. The molecule has 1 aromatic heterocycles. The van der Waals surface area contributed by atoms with Crippen LogP contribution in [-0.4, -0.2) is 215 Å². The molecule has 33 nitrogen and oxygen atoms in total. The number of aliphatic carboxylic acids is 1. The maximum absolute atomic E-state index is 14.8. The summed E-state index contributed by atoms with van der Waals surface area (Å²) in [5.41, 5.74) is 19.3. The van der Waals surface area contributed by atoms with Crippen molar-refractivity contribution in [3.8, 4) is 0 Å². The minimum atomic E-state index is -1.79. The number of carboxylic acids is 1. The molecule has 0 aliphatic carbocycles. The molecule has 0 spiro atoms. The number of rotatable bonds is 51. The first kappa shape index (κ1) is 92.2. The highest BCUT2D eigenvalue weighted by molar-refractivity contribution is 6.00. The van der Waals surface area contributed by atoms with Gasteiger partial charge in [0.2, 0.25) is 70.9 Å². The fraction of sp³-hybridized carbons (Fsp3) is 0.645. The van der Waals surface area contributed by atoms with E-state index >= 15 is 0 Å². The number of amides is 12. The zero-order valence-corrected chi connectivity index (χ0v) is 64.7. The number of aliphatic hydroxyl groups excluding tert-OH is 2. The van der Waals surface area contributed by atoms with E-state index in [1.165, 1.54) is 6.92 Å². The van der Waals surface area contributed by atoms with Crippen LogP contribution in [0.1, 0.15) is 170 Å². The number of para-hydroxylation sites is 1. The highest BCUT2D eigenvalue weighted by atomic mass is 16.4. The van der Waals surface area contributed by atoms with E-state index in [9.17, 15) is 77.6 Å². The van der Waals surface area contributed by atoms with E-state index in [-0.39, 0.29) is 94.5 Å². The molecule has 12 amide bonds. The third-order valence-corrected chi connectivity index (χ3v) is 18.9. The normalized spacial score (nSPS) is 16.4. The number of aromatic nitrogens is 1. The quantitative estimate of drug-likeness (QED) is 0.0307. The molecule has 1 aliphatic rings. The zero-order chi connectivity index (χ0) is 80.9. The van der Waals surface area contributed by atoms with Crippen molar-refractivity contribution in [2.45, 2.75) is 250 Å². The number of nitrogens with two attached hydrogens (primary N) is 3.